The second-order valence-electron chi connectivity index (χ2n) is 1.55. The number of hydrogen-bond donors (Lipinski definition) is 1. The van der Waals surface area contributed by atoms with E-state index in [2.05, 4.69) is 9.98 Å². The third-order valence-electron chi connectivity index (χ3n) is 0.799. The van der Waals surface area contributed by atoms with Crippen LogP contribution in [0.25, 0.3) is 0 Å². The summed E-state index contributed by atoms with van der Waals surface area (Å²) in [6.45, 7) is 2.24. The van der Waals surface area contributed by atoms with Crippen molar-refractivity contribution in [2.24, 2.45) is 9.98 Å². The van der Waals surface area contributed by atoms with Gasteiger partial charge in [0.25, 0.3) is 0 Å². The maximum atomic E-state index is 10.3. The Hall–Kier alpha value is -1.19. The van der Waals surface area contributed by atoms with Gasteiger partial charge in [0.15, 0.2) is 5.71 Å². The van der Waals surface area contributed by atoms with Gasteiger partial charge in [0.1, 0.15) is 0 Å². The summed E-state index contributed by atoms with van der Waals surface area (Å²) in [5.74, 6) is -1.03. The van der Waals surface area contributed by atoms with Gasteiger partial charge in [-0.3, -0.25) is 9.98 Å². The molecule has 56 valence electrons. The van der Waals surface area contributed by atoms with Crippen molar-refractivity contribution in [3.63, 3.8) is 0 Å². The summed E-state index contributed by atoms with van der Waals surface area (Å²) in [7, 11) is 1.51. The van der Waals surface area contributed by atoms with Crippen molar-refractivity contribution in [3.05, 3.63) is 0 Å². The molecule has 0 radical (unpaired) electrons. The molecule has 0 aromatic carbocycles. The first kappa shape index (κ1) is 8.81. The molecule has 0 amide bonds. The fraction of sp³-hybridized carbons (Fsp3) is 0.500. The Morgan fingerprint density at radius 2 is 2.30 bits per heavy atom. The van der Waals surface area contributed by atoms with E-state index in [1.807, 2.05) is 0 Å². The van der Waals surface area contributed by atoms with Gasteiger partial charge >= 0.3 is 5.97 Å². The third kappa shape index (κ3) is 2.96. The zero-order valence-electron chi connectivity index (χ0n) is 6.03. The van der Waals surface area contributed by atoms with E-state index in [-0.39, 0.29) is 5.71 Å². The van der Waals surface area contributed by atoms with E-state index < -0.39 is 5.97 Å². The highest BCUT2D eigenvalue weighted by molar-refractivity contribution is 6.58. The Balaban J connectivity index is 4.26. The molecule has 0 saturated carbocycles. The average Bonchev–Trinajstić information content (AvgIpc) is 1.87. The zero-order valence-corrected chi connectivity index (χ0v) is 6.03. The topological polar surface area (TPSA) is 62.0 Å². The lowest BCUT2D eigenvalue weighted by atomic mass is 10.4. The largest absolute Gasteiger partial charge is 0.476 e. The van der Waals surface area contributed by atoms with Crippen molar-refractivity contribution in [2.75, 3.05) is 13.6 Å². The maximum Gasteiger partial charge on any atom is 0.355 e. The number of aliphatic imine (C=N–C) groups is 2. The van der Waals surface area contributed by atoms with E-state index in [1.165, 1.54) is 13.3 Å². The molecule has 0 bridgehead atoms. The van der Waals surface area contributed by atoms with E-state index in [1.54, 1.807) is 6.92 Å². The van der Waals surface area contributed by atoms with Gasteiger partial charge in [-0.1, -0.05) is 0 Å². The monoisotopic (exact) mass is 142 g/mol. The molecule has 0 aliphatic carbocycles. The van der Waals surface area contributed by atoms with Crippen LogP contribution >= 0.6 is 0 Å². The molecule has 4 heteroatoms. The van der Waals surface area contributed by atoms with E-state index in [0.29, 0.717) is 6.54 Å². The van der Waals surface area contributed by atoms with Gasteiger partial charge in [-0.15, -0.1) is 0 Å². The Morgan fingerprint density at radius 3 is 2.60 bits per heavy atom. The lowest BCUT2D eigenvalue weighted by Gasteiger charge is -1.89. The van der Waals surface area contributed by atoms with Gasteiger partial charge in [-0.25, -0.2) is 4.79 Å². The summed E-state index contributed by atoms with van der Waals surface area (Å²) in [6.07, 6.45) is 1.23. The van der Waals surface area contributed by atoms with Crippen LogP contribution in [0.15, 0.2) is 9.98 Å². The lowest BCUT2D eigenvalue weighted by Crippen LogP contribution is -2.14. The van der Waals surface area contributed by atoms with Crippen LogP contribution in [-0.2, 0) is 4.79 Å². The van der Waals surface area contributed by atoms with E-state index >= 15 is 0 Å². The average molecular weight is 142 g/mol. The van der Waals surface area contributed by atoms with E-state index in [4.69, 9.17) is 5.11 Å². The number of rotatable bonds is 3. The SMILES string of the molecule is CCN=C(C=NC)C(=O)O. The molecule has 0 aromatic rings. The van der Waals surface area contributed by atoms with Crippen molar-refractivity contribution in [1.29, 1.82) is 0 Å². The van der Waals surface area contributed by atoms with Gasteiger partial charge in [0.05, 0.1) is 6.21 Å². The van der Waals surface area contributed by atoms with Gasteiger partial charge < -0.3 is 5.11 Å². The first-order chi connectivity index (χ1) is 4.72. The summed E-state index contributed by atoms with van der Waals surface area (Å²) in [6, 6.07) is 0. The molecule has 0 aliphatic heterocycles. The number of carboxylic acids is 1. The van der Waals surface area contributed by atoms with Crippen LogP contribution in [-0.4, -0.2) is 36.6 Å². The van der Waals surface area contributed by atoms with Crippen molar-refractivity contribution < 1.29 is 9.90 Å². The number of hydrogen-bond acceptors (Lipinski definition) is 3. The van der Waals surface area contributed by atoms with Crippen LogP contribution < -0.4 is 0 Å². The van der Waals surface area contributed by atoms with E-state index in [0.717, 1.165) is 0 Å². The fourth-order valence-corrected chi connectivity index (χ4v) is 0.456. The molecule has 0 aromatic heterocycles. The maximum absolute atomic E-state index is 10.3. The van der Waals surface area contributed by atoms with E-state index in [9.17, 15) is 4.79 Å². The van der Waals surface area contributed by atoms with Gasteiger partial charge in [-0.2, -0.15) is 0 Å². The normalized spacial score (nSPS) is 12.4. The first-order valence-corrected chi connectivity index (χ1v) is 2.92. The molecule has 4 nitrogen and oxygen atoms in total. The van der Waals surface area contributed by atoms with Crippen molar-refractivity contribution >= 4 is 17.9 Å². The standard InChI is InChI=1S/C6H10N2O2/c1-3-8-5(4-7-2)6(9)10/h4H,3H2,1-2H3,(H,9,10). The fourth-order valence-electron chi connectivity index (χ4n) is 0.456. The number of carbonyl (C=O) groups is 1. The molecular weight excluding hydrogens is 132 g/mol. The van der Waals surface area contributed by atoms with Crippen molar-refractivity contribution in [1.82, 2.24) is 0 Å². The Labute approximate surface area is 59.3 Å². The minimum absolute atomic E-state index is 0.00463. The number of nitrogens with zero attached hydrogens (tertiary/aromatic N) is 2. The Kier molecular flexibility index (Phi) is 4.11. The molecule has 0 rings (SSSR count). The van der Waals surface area contributed by atoms with Gasteiger partial charge in [-0.05, 0) is 6.92 Å². The summed E-state index contributed by atoms with van der Waals surface area (Å²) < 4.78 is 0. The molecule has 0 heterocycles. The Morgan fingerprint density at radius 1 is 1.70 bits per heavy atom. The number of aliphatic carboxylic acids is 1. The van der Waals surface area contributed by atoms with Gasteiger partial charge in [0.2, 0.25) is 0 Å². The second kappa shape index (κ2) is 4.67. The summed E-state index contributed by atoms with van der Waals surface area (Å²) in [4.78, 5) is 17.5. The van der Waals surface area contributed by atoms with Crippen LogP contribution in [0.4, 0.5) is 0 Å². The molecule has 10 heavy (non-hydrogen) atoms. The molecular formula is C6H10N2O2. The molecule has 0 fully saturated rings. The molecule has 0 unspecified atom stereocenters. The third-order valence-corrected chi connectivity index (χ3v) is 0.799. The summed E-state index contributed by atoms with van der Waals surface area (Å²) in [5.41, 5.74) is 0.00463. The first-order valence-electron chi connectivity index (χ1n) is 2.92. The molecule has 0 spiro atoms. The highest BCUT2D eigenvalue weighted by Crippen LogP contribution is 1.76. The molecule has 0 aliphatic rings. The minimum Gasteiger partial charge on any atom is -0.476 e. The molecule has 0 atom stereocenters. The lowest BCUT2D eigenvalue weighted by molar-refractivity contribution is -0.129. The van der Waals surface area contributed by atoms with Crippen LogP contribution in [0.1, 0.15) is 6.92 Å². The molecule has 0 saturated heterocycles. The highest BCUT2D eigenvalue weighted by Gasteiger charge is 2.02. The predicted octanol–water partition coefficient (Wildman–Crippen LogP) is 0.233. The molecule has 1 N–H and O–H groups in total. The zero-order chi connectivity index (χ0) is 7.98. The van der Waals surface area contributed by atoms with Crippen LogP contribution in [0, 0.1) is 0 Å². The summed E-state index contributed by atoms with van der Waals surface area (Å²) in [5, 5.41) is 8.41. The predicted molar refractivity (Wildman–Crippen MR) is 40.0 cm³/mol. The smallest absolute Gasteiger partial charge is 0.355 e. The van der Waals surface area contributed by atoms with Gasteiger partial charge in [0, 0.05) is 13.6 Å². The van der Waals surface area contributed by atoms with Crippen LogP contribution in [0.3, 0.4) is 0 Å². The van der Waals surface area contributed by atoms with Crippen molar-refractivity contribution in [2.45, 2.75) is 6.92 Å². The van der Waals surface area contributed by atoms with Crippen molar-refractivity contribution in [3.8, 4) is 0 Å². The Bertz CT molecular complexity index is 173. The van der Waals surface area contributed by atoms with Crippen LogP contribution in [0.5, 0.6) is 0 Å². The van der Waals surface area contributed by atoms with Crippen LogP contribution in [0.2, 0.25) is 0 Å². The second-order valence-corrected chi connectivity index (χ2v) is 1.55. The summed E-state index contributed by atoms with van der Waals surface area (Å²) >= 11 is 0. The quantitative estimate of drug-likeness (QED) is 0.573. The minimum atomic E-state index is -1.03. The highest BCUT2D eigenvalue weighted by atomic mass is 16.4. The number of carboxylic acid groups (broad SMARTS) is 1.